The van der Waals surface area contributed by atoms with Crippen LogP contribution in [-0.2, 0) is 6.54 Å². The third-order valence-electron chi connectivity index (χ3n) is 2.21. The molecule has 0 saturated heterocycles. The molecule has 0 radical (unpaired) electrons. The molecule has 0 aliphatic carbocycles. The van der Waals surface area contributed by atoms with Crippen LogP contribution in [-0.4, -0.2) is 28.1 Å². The lowest BCUT2D eigenvalue weighted by Gasteiger charge is -2.22. The van der Waals surface area contributed by atoms with Crippen LogP contribution in [0.5, 0.6) is 5.88 Å². The van der Waals surface area contributed by atoms with Gasteiger partial charge in [-0.2, -0.15) is 5.10 Å². The second kappa shape index (κ2) is 5.68. The summed E-state index contributed by atoms with van der Waals surface area (Å²) in [5, 5.41) is 13.4. The fourth-order valence-corrected chi connectivity index (χ4v) is 1.59. The molecule has 1 heterocycles. The van der Waals surface area contributed by atoms with Crippen LogP contribution in [0.4, 0.5) is 0 Å². The molecule has 5 heteroatoms. The summed E-state index contributed by atoms with van der Waals surface area (Å²) < 4.78 is 8.40. The first kappa shape index (κ1) is 13.5. The lowest BCUT2D eigenvalue weighted by molar-refractivity contribution is 0.0915. The van der Waals surface area contributed by atoms with Crippen LogP contribution in [0.25, 0.3) is 0 Å². The number of aliphatic hydroxyl groups is 1. The largest absolute Gasteiger partial charge is 0.476 e. The summed E-state index contributed by atoms with van der Waals surface area (Å²) >= 11 is 3.41. The summed E-state index contributed by atoms with van der Waals surface area (Å²) in [6, 6.07) is 0. The highest BCUT2D eigenvalue weighted by Crippen LogP contribution is 2.26. The minimum Gasteiger partial charge on any atom is -0.476 e. The molecule has 0 unspecified atom stereocenters. The van der Waals surface area contributed by atoms with E-state index in [0.29, 0.717) is 6.61 Å². The van der Waals surface area contributed by atoms with Crippen LogP contribution in [0.3, 0.4) is 0 Å². The fourth-order valence-electron chi connectivity index (χ4n) is 1.18. The van der Waals surface area contributed by atoms with Crippen molar-refractivity contribution in [1.82, 2.24) is 9.78 Å². The molecular formula is C11H19BrN2O2. The molecule has 0 amide bonds. The Morgan fingerprint density at radius 1 is 1.56 bits per heavy atom. The number of aryl methyl sites for hydroxylation is 1. The molecule has 0 atom stereocenters. The van der Waals surface area contributed by atoms with E-state index in [1.165, 1.54) is 0 Å². The Kier molecular flexibility index (Phi) is 4.80. The van der Waals surface area contributed by atoms with E-state index in [2.05, 4.69) is 28.0 Å². The predicted molar refractivity (Wildman–Crippen MR) is 66.6 cm³/mol. The number of halogens is 1. The molecular weight excluding hydrogens is 272 g/mol. The summed E-state index contributed by atoms with van der Waals surface area (Å²) in [6.07, 6.45) is 2.74. The number of nitrogens with zero attached hydrogens (tertiary/aromatic N) is 2. The first-order valence-corrected chi connectivity index (χ1v) is 6.24. The average Bonchev–Trinajstić information content (AvgIpc) is 2.58. The highest BCUT2D eigenvalue weighted by molar-refractivity contribution is 9.10. The van der Waals surface area contributed by atoms with E-state index in [-0.39, 0.29) is 12.0 Å². The van der Waals surface area contributed by atoms with Crippen LogP contribution >= 0.6 is 15.9 Å². The minimum atomic E-state index is -0.235. The van der Waals surface area contributed by atoms with Gasteiger partial charge in [0.05, 0.1) is 23.9 Å². The van der Waals surface area contributed by atoms with Crippen LogP contribution in [0, 0.1) is 5.41 Å². The van der Waals surface area contributed by atoms with Crippen molar-refractivity contribution in [3.05, 3.63) is 10.7 Å². The second-order valence-electron chi connectivity index (χ2n) is 4.63. The quantitative estimate of drug-likeness (QED) is 0.875. The van der Waals surface area contributed by atoms with E-state index in [0.717, 1.165) is 23.3 Å². The molecule has 0 aliphatic heterocycles. The van der Waals surface area contributed by atoms with Crippen molar-refractivity contribution in [1.29, 1.82) is 0 Å². The van der Waals surface area contributed by atoms with Crippen molar-refractivity contribution in [2.75, 3.05) is 13.2 Å². The van der Waals surface area contributed by atoms with E-state index in [4.69, 9.17) is 9.84 Å². The Bertz CT molecular complexity index is 337. The predicted octanol–water partition coefficient (Wildman–Crippen LogP) is 2.45. The van der Waals surface area contributed by atoms with Crippen LogP contribution in [0.1, 0.15) is 27.2 Å². The lowest BCUT2D eigenvalue weighted by Crippen LogP contribution is -2.26. The van der Waals surface area contributed by atoms with Gasteiger partial charge in [0.25, 0.3) is 0 Å². The van der Waals surface area contributed by atoms with Crippen molar-refractivity contribution in [3.63, 3.8) is 0 Å². The maximum Gasteiger partial charge on any atom is 0.226 e. The summed E-state index contributed by atoms with van der Waals surface area (Å²) in [5.74, 6) is 0.739. The van der Waals surface area contributed by atoms with Gasteiger partial charge in [-0.05, 0) is 22.4 Å². The number of aliphatic hydroxyl groups excluding tert-OH is 1. The maximum atomic E-state index is 9.15. The van der Waals surface area contributed by atoms with Gasteiger partial charge in [-0.25, -0.2) is 4.68 Å². The zero-order chi connectivity index (χ0) is 12.2. The molecule has 1 rings (SSSR count). The first-order valence-electron chi connectivity index (χ1n) is 5.45. The number of hydrogen-bond acceptors (Lipinski definition) is 3. The number of hydrogen-bond donors (Lipinski definition) is 1. The third-order valence-corrected chi connectivity index (χ3v) is 2.76. The number of aromatic nitrogens is 2. The third kappa shape index (κ3) is 3.49. The van der Waals surface area contributed by atoms with E-state index in [1.807, 2.05) is 18.5 Å². The SMILES string of the molecule is CCCn1ncc(Br)c1OCC(C)(C)CO. The van der Waals surface area contributed by atoms with Gasteiger partial charge in [-0.3, -0.25) is 0 Å². The molecule has 0 spiro atoms. The van der Waals surface area contributed by atoms with Crippen LogP contribution in [0.15, 0.2) is 10.7 Å². The van der Waals surface area contributed by atoms with E-state index in [1.54, 1.807) is 6.20 Å². The number of rotatable bonds is 6. The fraction of sp³-hybridized carbons (Fsp3) is 0.727. The van der Waals surface area contributed by atoms with Gasteiger partial charge in [0.1, 0.15) is 0 Å². The Labute approximate surface area is 105 Å². The Balaban J connectivity index is 2.68. The summed E-state index contributed by atoms with van der Waals surface area (Å²) in [7, 11) is 0. The molecule has 92 valence electrons. The summed E-state index contributed by atoms with van der Waals surface area (Å²) in [5.41, 5.74) is -0.235. The first-order chi connectivity index (χ1) is 7.50. The Morgan fingerprint density at radius 2 is 2.25 bits per heavy atom. The van der Waals surface area contributed by atoms with Crippen molar-refractivity contribution in [3.8, 4) is 5.88 Å². The van der Waals surface area contributed by atoms with Gasteiger partial charge in [0.15, 0.2) is 0 Å². The van der Waals surface area contributed by atoms with E-state index in [9.17, 15) is 0 Å². The standard InChI is InChI=1S/C11H19BrN2O2/c1-4-5-14-10(9(12)6-13-14)16-8-11(2,3)7-15/h6,15H,4-5,7-8H2,1-3H3. The normalized spacial score (nSPS) is 11.8. The topological polar surface area (TPSA) is 47.3 Å². The van der Waals surface area contributed by atoms with Crippen molar-refractivity contribution in [2.24, 2.45) is 5.41 Å². The Hall–Kier alpha value is -0.550. The van der Waals surface area contributed by atoms with Gasteiger partial charge < -0.3 is 9.84 Å². The molecule has 0 aliphatic rings. The molecule has 0 saturated carbocycles. The van der Waals surface area contributed by atoms with Crippen molar-refractivity contribution >= 4 is 15.9 Å². The van der Waals surface area contributed by atoms with Gasteiger partial charge >= 0.3 is 0 Å². The number of ether oxygens (including phenoxy) is 1. The van der Waals surface area contributed by atoms with Crippen molar-refractivity contribution in [2.45, 2.75) is 33.7 Å². The molecule has 0 aromatic carbocycles. The highest BCUT2D eigenvalue weighted by Gasteiger charge is 2.19. The summed E-state index contributed by atoms with van der Waals surface area (Å²) in [6.45, 7) is 7.42. The molecule has 16 heavy (non-hydrogen) atoms. The average molecular weight is 291 g/mol. The molecule has 0 bridgehead atoms. The van der Waals surface area contributed by atoms with Gasteiger partial charge in [0.2, 0.25) is 5.88 Å². The maximum absolute atomic E-state index is 9.15. The molecule has 0 fully saturated rings. The smallest absolute Gasteiger partial charge is 0.226 e. The molecule has 4 nitrogen and oxygen atoms in total. The molecule has 1 N–H and O–H groups in total. The van der Waals surface area contributed by atoms with Gasteiger partial charge in [-0.1, -0.05) is 20.8 Å². The molecule has 1 aromatic heterocycles. The second-order valence-corrected chi connectivity index (χ2v) is 5.49. The lowest BCUT2D eigenvalue weighted by atomic mass is 9.97. The molecule has 1 aromatic rings. The highest BCUT2D eigenvalue weighted by atomic mass is 79.9. The van der Waals surface area contributed by atoms with Gasteiger partial charge in [0, 0.05) is 12.0 Å². The zero-order valence-corrected chi connectivity index (χ0v) is 11.6. The Morgan fingerprint density at radius 3 is 2.81 bits per heavy atom. The zero-order valence-electron chi connectivity index (χ0n) is 10.0. The van der Waals surface area contributed by atoms with Gasteiger partial charge in [-0.15, -0.1) is 0 Å². The monoisotopic (exact) mass is 290 g/mol. The van der Waals surface area contributed by atoms with E-state index < -0.39 is 0 Å². The van der Waals surface area contributed by atoms with Crippen molar-refractivity contribution < 1.29 is 9.84 Å². The summed E-state index contributed by atoms with van der Waals surface area (Å²) in [4.78, 5) is 0. The van der Waals surface area contributed by atoms with E-state index >= 15 is 0 Å². The minimum absolute atomic E-state index is 0.104. The van der Waals surface area contributed by atoms with Crippen LogP contribution in [0.2, 0.25) is 0 Å². The van der Waals surface area contributed by atoms with Crippen LogP contribution < -0.4 is 4.74 Å².